The Hall–Kier alpha value is -2.60. The summed E-state index contributed by atoms with van der Waals surface area (Å²) in [5, 5.41) is 6.09. The van der Waals surface area contributed by atoms with Gasteiger partial charge in [-0.2, -0.15) is 0 Å². The van der Waals surface area contributed by atoms with Crippen molar-refractivity contribution in [2.24, 2.45) is 0 Å². The van der Waals surface area contributed by atoms with Crippen LogP contribution in [0, 0.1) is 0 Å². The summed E-state index contributed by atoms with van der Waals surface area (Å²) in [7, 11) is 5.56. The van der Waals surface area contributed by atoms with Crippen LogP contribution in [-0.4, -0.2) is 50.1 Å². The van der Waals surface area contributed by atoms with E-state index >= 15 is 0 Å². The molecule has 1 aromatic heterocycles. The number of benzene rings is 1. The van der Waals surface area contributed by atoms with Crippen molar-refractivity contribution in [2.75, 3.05) is 39.6 Å². The number of carbonyl (C=O) groups is 1. The van der Waals surface area contributed by atoms with Crippen molar-refractivity contribution in [1.29, 1.82) is 0 Å². The lowest BCUT2D eigenvalue weighted by Crippen LogP contribution is -2.31. The van der Waals surface area contributed by atoms with Gasteiger partial charge in [0.1, 0.15) is 5.75 Å². The molecule has 1 heterocycles. The zero-order valence-electron chi connectivity index (χ0n) is 13.7. The number of nitrogens with zero attached hydrogens (tertiary/aromatic N) is 2. The number of carbonyl (C=O) groups excluding carboxylic acids is 1. The fraction of sp³-hybridized carbons (Fsp3) is 0.294. The predicted molar refractivity (Wildman–Crippen MR) is 91.4 cm³/mol. The molecule has 0 aliphatic rings. The van der Waals surface area contributed by atoms with Gasteiger partial charge in [0.05, 0.1) is 24.6 Å². The average molecular weight is 314 g/mol. The van der Waals surface area contributed by atoms with E-state index in [1.54, 1.807) is 25.6 Å². The van der Waals surface area contributed by atoms with Gasteiger partial charge in [0.2, 0.25) is 0 Å². The minimum absolute atomic E-state index is 0.127. The lowest BCUT2D eigenvalue weighted by molar-refractivity contribution is 0.0950. The molecule has 2 N–H and O–H groups in total. The normalized spacial score (nSPS) is 10.4. The number of anilines is 2. The van der Waals surface area contributed by atoms with Crippen molar-refractivity contribution in [3.8, 4) is 5.75 Å². The fourth-order valence-corrected chi connectivity index (χ4v) is 1.97. The molecule has 122 valence electrons. The highest BCUT2D eigenvalue weighted by atomic mass is 16.5. The van der Waals surface area contributed by atoms with Crippen molar-refractivity contribution < 1.29 is 9.53 Å². The third-order valence-electron chi connectivity index (χ3n) is 3.22. The molecule has 6 nitrogen and oxygen atoms in total. The molecule has 0 saturated carbocycles. The third kappa shape index (κ3) is 5.27. The molecule has 0 radical (unpaired) electrons. The highest BCUT2D eigenvalue weighted by Crippen LogP contribution is 2.19. The summed E-state index contributed by atoms with van der Waals surface area (Å²) in [6.45, 7) is 1.39. The molecule has 23 heavy (non-hydrogen) atoms. The lowest BCUT2D eigenvalue weighted by atomic mass is 10.2. The summed E-state index contributed by atoms with van der Waals surface area (Å²) < 4.78 is 5.13. The van der Waals surface area contributed by atoms with Crippen LogP contribution in [-0.2, 0) is 0 Å². The number of pyridine rings is 1. The summed E-state index contributed by atoms with van der Waals surface area (Å²) in [4.78, 5) is 18.2. The zero-order valence-corrected chi connectivity index (χ0v) is 13.7. The number of aromatic nitrogens is 1. The number of likely N-dealkylation sites (N-methyl/N-ethyl adjacent to an activating group) is 1. The van der Waals surface area contributed by atoms with Crippen LogP contribution in [0.1, 0.15) is 10.4 Å². The summed E-state index contributed by atoms with van der Waals surface area (Å²) in [5.41, 5.74) is 2.19. The summed E-state index contributed by atoms with van der Waals surface area (Å²) in [6, 6.07) is 9.33. The van der Waals surface area contributed by atoms with Crippen LogP contribution in [0.2, 0.25) is 0 Å². The molecule has 6 heteroatoms. The van der Waals surface area contributed by atoms with E-state index in [9.17, 15) is 4.79 Å². The molecule has 0 aliphatic carbocycles. The predicted octanol–water partition coefficient (Wildman–Crippen LogP) is 2.13. The molecule has 2 aromatic rings. The Morgan fingerprint density at radius 1 is 1.17 bits per heavy atom. The quantitative estimate of drug-likeness (QED) is 0.819. The molecule has 0 bridgehead atoms. The van der Waals surface area contributed by atoms with E-state index in [4.69, 9.17) is 4.74 Å². The van der Waals surface area contributed by atoms with Gasteiger partial charge < -0.3 is 20.3 Å². The van der Waals surface area contributed by atoms with Gasteiger partial charge in [-0.05, 0) is 44.4 Å². The standard InChI is InChI=1S/C17H22N4O2/c1-21(2)9-8-19-17(22)13-10-15(12-18-11-13)20-14-4-6-16(23-3)7-5-14/h4-7,10-12,20H,8-9H2,1-3H3,(H,19,22). The number of ether oxygens (including phenoxy) is 1. The van der Waals surface area contributed by atoms with E-state index in [2.05, 4.69) is 15.6 Å². The SMILES string of the molecule is COc1ccc(Nc2cncc(C(=O)NCCN(C)C)c2)cc1. The van der Waals surface area contributed by atoms with Crippen LogP contribution in [0.3, 0.4) is 0 Å². The summed E-state index contributed by atoms with van der Waals surface area (Å²) in [5.74, 6) is 0.667. The first-order chi connectivity index (χ1) is 11.1. The van der Waals surface area contributed by atoms with E-state index in [1.807, 2.05) is 43.3 Å². The Labute approximate surface area is 136 Å². The number of hydrogen-bond donors (Lipinski definition) is 2. The summed E-state index contributed by atoms with van der Waals surface area (Å²) >= 11 is 0. The molecule has 0 fully saturated rings. The molecular formula is C17H22N4O2. The third-order valence-corrected chi connectivity index (χ3v) is 3.22. The Kier molecular flexibility index (Phi) is 5.94. The van der Waals surface area contributed by atoms with Gasteiger partial charge >= 0.3 is 0 Å². The van der Waals surface area contributed by atoms with Gasteiger partial charge in [0.25, 0.3) is 5.91 Å². The van der Waals surface area contributed by atoms with E-state index in [0.717, 1.165) is 23.7 Å². The smallest absolute Gasteiger partial charge is 0.252 e. The Morgan fingerprint density at radius 2 is 1.91 bits per heavy atom. The highest BCUT2D eigenvalue weighted by molar-refractivity contribution is 5.94. The van der Waals surface area contributed by atoms with Crippen LogP contribution >= 0.6 is 0 Å². The van der Waals surface area contributed by atoms with Crippen LogP contribution in [0.5, 0.6) is 5.75 Å². The van der Waals surface area contributed by atoms with E-state index in [0.29, 0.717) is 12.1 Å². The maximum absolute atomic E-state index is 12.1. The molecule has 1 aromatic carbocycles. The maximum atomic E-state index is 12.1. The number of amides is 1. The van der Waals surface area contributed by atoms with Crippen molar-refractivity contribution >= 4 is 17.3 Å². The second-order valence-corrected chi connectivity index (χ2v) is 5.37. The minimum Gasteiger partial charge on any atom is -0.497 e. The number of nitrogens with one attached hydrogen (secondary N) is 2. The monoisotopic (exact) mass is 314 g/mol. The minimum atomic E-state index is -0.127. The molecule has 0 atom stereocenters. The fourth-order valence-electron chi connectivity index (χ4n) is 1.97. The number of methoxy groups -OCH3 is 1. The van der Waals surface area contributed by atoms with Gasteiger partial charge in [-0.15, -0.1) is 0 Å². The second kappa shape index (κ2) is 8.14. The van der Waals surface area contributed by atoms with Crippen LogP contribution in [0.15, 0.2) is 42.7 Å². The van der Waals surface area contributed by atoms with Gasteiger partial charge in [0.15, 0.2) is 0 Å². The van der Waals surface area contributed by atoms with Crippen molar-refractivity contribution in [3.63, 3.8) is 0 Å². The van der Waals surface area contributed by atoms with E-state index in [-0.39, 0.29) is 5.91 Å². The van der Waals surface area contributed by atoms with Crippen LogP contribution in [0.25, 0.3) is 0 Å². The molecule has 2 rings (SSSR count). The zero-order chi connectivity index (χ0) is 16.7. The van der Waals surface area contributed by atoms with E-state index < -0.39 is 0 Å². The van der Waals surface area contributed by atoms with E-state index in [1.165, 1.54) is 0 Å². The molecule has 0 spiro atoms. The van der Waals surface area contributed by atoms with Gasteiger partial charge in [-0.25, -0.2) is 0 Å². The van der Waals surface area contributed by atoms with Crippen LogP contribution in [0.4, 0.5) is 11.4 Å². The van der Waals surface area contributed by atoms with Gasteiger partial charge in [-0.3, -0.25) is 9.78 Å². The summed E-state index contributed by atoms with van der Waals surface area (Å²) in [6.07, 6.45) is 3.24. The second-order valence-electron chi connectivity index (χ2n) is 5.37. The molecular weight excluding hydrogens is 292 g/mol. The van der Waals surface area contributed by atoms with Gasteiger partial charge in [0, 0.05) is 25.0 Å². The topological polar surface area (TPSA) is 66.5 Å². The number of hydrogen-bond acceptors (Lipinski definition) is 5. The van der Waals surface area contributed by atoms with Crippen molar-refractivity contribution in [1.82, 2.24) is 15.2 Å². The lowest BCUT2D eigenvalue weighted by Gasteiger charge is -2.11. The largest absolute Gasteiger partial charge is 0.497 e. The number of rotatable bonds is 7. The average Bonchev–Trinajstić information content (AvgIpc) is 2.55. The first-order valence-electron chi connectivity index (χ1n) is 7.37. The molecule has 0 aliphatic heterocycles. The molecule has 0 saturated heterocycles. The van der Waals surface area contributed by atoms with Gasteiger partial charge in [-0.1, -0.05) is 0 Å². The van der Waals surface area contributed by atoms with Crippen molar-refractivity contribution in [2.45, 2.75) is 0 Å². The highest BCUT2D eigenvalue weighted by Gasteiger charge is 2.07. The Balaban J connectivity index is 1.99. The Morgan fingerprint density at radius 3 is 2.57 bits per heavy atom. The maximum Gasteiger partial charge on any atom is 0.252 e. The Bertz CT molecular complexity index is 641. The van der Waals surface area contributed by atoms with Crippen LogP contribution < -0.4 is 15.4 Å². The van der Waals surface area contributed by atoms with Crippen molar-refractivity contribution in [3.05, 3.63) is 48.3 Å². The first-order valence-corrected chi connectivity index (χ1v) is 7.37. The molecule has 0 unspecified atom stereocenters. The molecule has 1 amide bonds. The first kappa shape index (κ1) is 16.8.